The average molecular weight is 316 g/mol. The van der Waals surface area contributed by atoms with Gasteiger partial charge in [-0.15, -0.1) is 0 Å². The van der Waals surface area contributed by atoms with Crippen molar-refractivity contribution in [2.75, 3.05) is 0 Å². The Kier molecular flexibility index (Phi) is 3.27. The van der Waals surface area contributed by atoms with Gasteiger partial charge in [0.1, 0.15) is 5.82 Å². The van der Waals surface area contributed by atoms with E-state index in [4.69, 9.17) is 0 Å². The van der Waals surface area contributed by atoms with Crippen molar-refractivity contribution in [3.05, 3.63) is 76.0 Å². The summed E-state index contributed by atoms with van der Waals surface area (Å²) in [5.41, 5.74) is 3.57. The highest BCUT2D eigenvalue weighted by molar-refractivity contribution is 6.00. The normalized spacial score (nSPS) is 11.8. The van der Waals surface area contributed by atoms with Gasteiger partial charge in [-0.05, 0) is 32.0 Å². The minimum Gasteiger partial charge on any atom is -0.358 e. The second-order valence-corrected chi connectivity index (χ2v) is 5.75. The molecule has 0 aliphatic heterocycles. The first kappa shape index (κ1) is 14.4. The van der Waals surface area contributed by atoms with Gasteiger partial charge in [0.25, 0.3) is 5.56 Å². The molecule has 5 nitrogen and oxygen atoms in total. The number of nitrogens with zero attached hydrogens (tertiary/aromatic N) is 3. The lowest BCUT2D eigenvalue weighted by Crippen LogP contribution is -2.20. The third-order valence-corrected chi connectivity index (χ3v) is 4.16. The fraction of sp³-hybridized carbons (Fsp3) is 0.105. The topological polar surface area (TPSA) is 63.0 Å². The summed E-state index contributed by atoms with van der Waals surface area (Å²) < 4.78 is 1.35. The number of fused-ring (bicyclic) bond motifs is 2. The zero-order valence-corrected chi connectivity index (χ0v) is 13.4. The van der Waals surface area contributed by atoms with Crippen LogP contribution in [-0.4, -0.2) is 20.9 Å². The van der Waals surface area contributed by atoms with Crippen molar-refractivity contribution >= 4 is 28.0 Å². The van der Waals surface area contributed by atoms with E-state index in [9.17, 15) is 4.79 Å². The van der Waals surface area contributed by atoms with Gasteiger partial charge in [-0.3, -0.25) is 4.79 Å². The largest absolute Gasteiger partial charge is 0.358 e. The number of benzene rings is 2. The number of aromatic nitrogens is 3. The lowest BCUT2D eigenvalue weighted by molar-refractivity contribution is 0.771. The molecule has 0 saturated carbocycles. The van der Waals surface area contributed by atoms with Gasteiger partial charge in [0.15, 0.2) is 0 Å². The van der Waals surface area contributed by atoms with Crippen molar-refractivity contribution in [3.63, 3.8) is 0 Å². The molecule has 4 aromatic rings. The summed E-state index contributed by atoms with van der Waals surface area (Å²) in [5.74, 6) is 0.562. The number of aryl methyl sites for hydroxylation is 2. The minimum absolute atomic E-state index is 0.160. The van der Waals surface area contributed by atoms with Gasteiger partial charge in [-0.25, -0.2) is 4.98 Å². The number of nitrogens with one attached hydrogen (secondary N) is 1. The van der Waals surface area contributed by atoms with Crippen molar-refractivity contribution in [3.8, 4) is 0 Å². The Morgan fingerprint density at radius 3 is 2.58 bits per heavy atom. The van der Waals surface area contributed by atoms with Crippen molar-refractivity contribution < 1.29 is 0 Å². The van der Waals surface area contributed by atoms with E-state index in [2.05, 4.69) is 15.1 Å². The zero-order chi connectivity index (χ0) is 16.7. The predicted molar refractivity (Wildman–Crippen MR) is 96.8 cm³/mol. The van der Waals surface area contributed by atoms with E-state index in [-0.39, 0.29) is 5.56 Å². The van der Waals surface area contributed by atoms with Gasteiger partial charge in [0.05, 0.1) is 17.1 Å². The first-order valence-electron chi connectivity index (χ1n) is 7.75. The Bertz CT molecular complexity index is 1150. The number of aromatic amines is 1. The van der Waals surface area contributed by atoms with Crippen LogP contribution in [0, 0.1) is 13.8 Å². The predicted octanol–water partition coefficient (Wildman–Crippen LogP) is 3.38. The quantitative estimate of drug-likeness (QED) is 0.576. The zero-order valence-electron chi connectivity index (χ0n) is 13.4. The van der Waals surface area contributed by atoms with Crippen molar-refractivity contribution in [2.24, 2.45) is 5.10 Å². The molecule has 0 radical (unpaired) electrons. The summed E-state index contributed by atoms with van der Waals surface area (Å²) in [4.78, 5) is 20.4. The van der Waals surface area contributed by atoms with Crippen molar-refractivity contribution in [2.45, 2.75) is 13.8 Å². The van der Waals surface area contributed by atoms with E-state index in [1.807, 2.05) is 49.4 Å². The van der Waals surface area contributed by atoms with Crippen LogP contribution in [0.4, 0.5) is 0 Å². The lowest BCUT2D eigenvalue weighted by atomic mass is 10.1. The van der Waals surface area contributed by atoms with Crippen LogP contribution in [0.3, 0.4) is 0 Å². The Morgan fingerprint density at radius 1 is 1.04 bits per heavy atom. The minimum atomic E-state index is -0.160. The molecule has 0 atom stereocenters. The second-order valence-electron chi connectivity index (χ2n) is 5.75. The maximum absolute atomic E-state index is 12.7. The SMILES string of the molecule is Cc1[nH]c2ccccc2c1/C=N/n1c(C)nc2ccccc2c1=O. The standard InChI is InChI=1S/C19H16N4O/c1-12-16(14-7-3-5-9-17(14)21-12)11-20-23-13(2)22-18-10-6-4-8-15(18)19(23)24/h3-11,21H,1-2H3/b20-11+. The maximum Gasteiger partial charge on any atom is 0.282 e. The summed E-state index contributed by atoms with van der Waals surface area (Å²) in [6.07, 6.45) is 1.72. The van der Waals surface area contributed by atoms with E-state index in [1.165, 1.54) is 4.68 Å². The number of rotatable bonds is 2. The summed E-state index contributed by atoms with van der Waals surface area (Å²) in [6.45, 7) is 3.78. The average Bonchev–Trinajstić information content (AvgIpc) is 2.90. The molecule has 0 bridgehead atoms. The molecule has 0 saturated heterocycles. The number of para-hydroxylation sites is 2. The Morgan fingerprint density at radius 2 is 1.75 bits per heavy atom. The molecule has 0 aliphatic rings. The highest BCUT2D eigenvalue weighted by Crippen LogP contribution is 2.20. The van der Waals surface area contributed by atoms with Crippen LogP contribution in [0.15, 0.2) is 58.4 Å². The van der Waals surface area contributed by atoms with Gasteiger partial charge in [-0.2, -0.15) is 9.78 Å². The van der Waals surface area contributed by atoms with Crippen LogP contribution < -0.4 is 5.56 Å². The first-order chi connectivity index (χ1) is 11.6. The Labute approximate surface area is 138 Å². The van der Waals surface area contributed by atoms with Crippen LogP contribution in [0.1, 0.15) is 17.1 Å². The molecule has 118 valence electrons. The van der Waals surface area contributed by atoms with Gasteiger partial charge < -0.3 is 4.98 Å². The second kappa shape index (κ2) is 5.45. The molecular weight excluding hydrogens is 300 g/mol. The monoisotopic (exact) mass is 316 g/mol. The highest BCUT2D eigenvalue weighted by atomic mass is 16.1. The van der Waals surface area contributed by atoms with E-state index in [0.717, 1.165) is 22.2 Å². The van der Waals surface area contributed by atoms with Crippen molar-refractivity contribution in [1.82, 2.24) is 14.6 Å². The third-order valence-electron chi connectivity index (χ3n) is 4.16. The Hall–Kier alpha value is -3.21. The molecular formula is C19H16N4O. The third kappa shape index (κ3) is 2.22. The molecule has 0 spiro atoms. The Balaban J connectivity index is 1.88. The van der Waals surface area contributed by atoms with Crippen LogP contribution >= 0.6 is 0 Å². The molecule has 24 heavy (non-hydrogen) atoms. The van der Waals surface area contributed by atoms with E-state index in [0.29, 0.717) is 16.7 Å². The molecule has 0 aliphatic carbocycles. The summed E-state index contributed by atoms with van der Waals surface area (Å²) in [5, 5.41) is 6.05. The fourth-order valence-corrected chi connectivity index (χ4v) is 2.95. The lowest BCUT2D eigenvalue weighted by Gasteiger charge is -2.05. The molecule has 2 aromatic carbocycles. The molecule has 1 N–H and O–H groups in total. The smallest absolute Gasteiger partial charge is 0.282 e. The van der Waals surface area contributed by atoms with Gasteiger partial charge in [-0.1, -0.05) is 30.3 Å². The van der Waals surface area contributed by atoms with Crippen LogP contribution in [0.5, 0.6) is 0 Å². The molecule has 2 aromatic heterocycles. The molecule has 4 rings (SSSR count). The summed E-state index contributed by atoms with van der Waals surface area (Å²) in [6, 6.07) is 15.3. The molecule has 2 heterocycles. The molecule has 5 heteroatoms. The molecule has 0 amide bonds. The number of H-pyrrole nitrogens is 1. The van der Waals surface area contributed by atoms with Gasteiger partial charge >= 0.3 is 0 Å². The highest BCUT2D eigenvalue weighted by Gasteiger charge is 2.08. The first-order valence-corrected chi connectivity index (χ1v) is 7.75. The number of hydrogen-bond donors (Lipinski definition) is 1. The molecule has 0 fully saturated rings. The number of hydrogen-bond acceptors (Lipinski definition) is 3. The van der Waals surface area contributed by atoms with E-state index >= 15 is 0 Å². The maximum atomic E-state index is 12.7. The van der Waals surface area contributed by atoms with Gasteiger partial charge in [0.2, 0.25) is 0 Å². The van der Waals surface area contributed by atoms with Crippen LogP contribution in [0.2, 0.25) is 0 Å². The van der Waals surface area contributed by atoms with Gasteiger partial charge in [0, 0.05) is 22.2 Å². The van der Waals surface area contributed by atoms with Crippen LogP contribution in [-0.2, 0) is 0 Å². The molecule has 0 unspecified atom stereocenters. The fourth-order valence-electron chi connectivity index (χ4n) is 2.95. The van der Waals surface area contributed by atoms with E-state index in [1.54, 1.807) is 19.2 Å². The van der Waals surface area contributed by atoms with Crippen molar-refractivity contribution in [1.29, 1.82) is 0 Å². The van der Waals surface area contributed by atoms with E-state index < -0.39 is 0 Å². The van der Waals surface area contributed by atoms with Crippen LogP contribution in [0.25, 0.3) is 21.8 Å². The summed E-state index contributed by atoms with van der Waals surface area (Å²) in [7, 11) is 0. The summed E-state index contributed by atoms with van der Waals surface area (Å²) >= 11 is 0.